The highest BCUT2D eigenvalue weighted by molar-refractivity contribution is 6.08. The summed E-state index contributed by atoms with van der Waals surface area (Å²) in [4.78, 5) is 24.0. The van der Waals surface area contributed by atoms with Crippen molar-refractivity contribution in [1.82, 2.24) is 0 Å². The minimum atomic E-state index is -0.249. The van der Waals surface area contributed by atoms with Gasteiger partial charge in [-0.05, 0) is 30.6 Å². The van der Waals surface area contributed by atoms with Crippen molar-refractivity contribution < 1.29 is 14.3 Å². The molecule has 2 aromatic carbocycles. The SMILES string of the molecule is CCOC(=O)CC/C(=C\C(=O)c1ccccc1)c1ccccc1. The maximum atomic E-state index is 12.4. The van der Waals surface area contributed by atoms with Gasteiger partial charge in [0, 0.05) is 12.0 Å². The molecule has 23 heavy (non-hydrogen) atoms. The Bertz CT molecular complexity index is 673. The summed E-state index contributed by atoms with van der Waals surface area (Å²) < 4.78 is 4.97. The second-order valence-electron chi connectivity index (χ2n) is 5.07. The molecule has 0 radical (unpaired) electrons. The number of esters is 1. The van der Waals surface area contributed by atoms with E-state index in [-0.39, 0.29) is 18.2 Å². The van der Waals surface area contributed by atoms with E-state index in [1.54, 1.807) is 25.1 Å². The highest BCUT2D eigenvalue weighted by Gasteiger charge is 2.10. The standard InChI is InChI=1S/C20H20O3/c1-2-23-20(22)14-13-18(16-9-5-3-6-10-16)15-19(21)17-11-7-4-8-12-17/h3-12,15H,2,13-14H2,1H3/b18-15+. The summed E-state index contributed by atoms with van der Waals surface area (Å²) in [5, 5.41) is 0. The van der Waals surface area contributed by atoms with Crippen LogP contribution in [0.2, 0.25) is 0 Å². The van der Waals surface area contributed by atoms with E-state index in [1.807, 2.05) is 48.5 Å². The molecule has 0 heterocycles. The number of benzene rings is 2. The van der Waals surface area contributed by atoms with Crippen LogP contribution in [-0.2, 0) is 9.53 Å². The first kappa shape index (κ1) is 16.7. The molecule has 0 aromatic heterocycles. The van der Waals surface area contributed by atoms with Gasteiger partial charge in [-0.3, -0.25) is 9.59 Å². The molecule has 0 spiro atoms. The smallest absolute Gasteiger partial charge is 0.306 e. The van der Waals surface area contributed by atoms with E-state index >= 15 is 0 Å². The van der Waals surface area contributed by atoms with Crippen LogP contribution >= 0.6 is 0 Å². The second-order valence-corrected chi connectivity index (χ2v) is 5.07. The van der Waals surface area contributed by atoms with Crippen LogP contribution in [0.1, 0.15) is 35.7 Å². The molecule has 0 bridgehead atoms. The van der Waals surface area contributed by atoms with Crippen molar-refractivity contribution >= 4 is 17.3 Å². The molecule has 0 unspecified atom stereocenters. The molecule has 2 rings (SSSR count). The molecule has 118 valence electrons. The Balaban J connectivity index is 2.21. The Labute approximate surface area is 136 Å². The van der Waals surface area contributed by atoms with Gasteiger partial charge in [-0.1, -0.05) is 60.7 Å². The van der Waals surface area contributed by atoms with Crippen LogP contribution < -0.4 is 0 Å². The molecule has 0 atom stereocenters. The van der Waals surface area contributed by atoms with Gasteiger partial charge in [-0.2, -0.15) is 0 Å². The second kappa shape index (κ2) is 8.69. The fourth-order valence-electron chi connectivity index (χ4n) is 2.27. The lowest BCUT2D eigenvalue weighted by molar-refractivity contribution is -0.142. The minimum absolute atomic E-state index is 0.0617. The fourth-order valence-corrected chi connectivity index (χ4v) is 2.27. The first-order valence-corrected chi connectivity index (χ1v) is 7.71. The number of allylic oxidation sites excluding steroid dienone is 2. The molecule has 0 saturated heterocycles. The Morgan fingerprint density at radius 3 is 2.00 bits per heavy atom. The maximum absolute atomic E-state index is 12.4. The van der Waals surface area contributed by atoms with Crippen LogP contribution in [0.15, 0.2) is 66.7 Å². The highest BCUT2D eigenvalue weighted by atomic mass is 16.5. The fraction of sp³-hybridized carbons (Fsp3) is 0.200. The quantitative estimate of drug-likeness (QED) is 0.435. The van der Waals surface area contributed by atoms with Gasteiger partial charge in [0.15, 0.2) is 5.78 Å². The molecule has 2 aromatic rings. The summed E-state index contributed by atoms with van der Waals surface area (Å²) >= 11 is 0. The van der Waals surface area contributed by atoms with Gasteiger partial charge in [0.25, 0.3) is 0 Å². The van der Waals surface area contributed by atoms with E-state index < -0.39 is 0 Å². The third-order valence-electron chi connectivity index (χ3n) is 3.41. The Morgan fingerprint density at radius 1 is 0.870 bits per heavy atom. The predicted octanol–water partition coefficient (Wildman–Crippen LogP) is 4.30. The van der Waals surface area contributed by atoms with Crippen LogP contribution in [-0.4, -0.2) is 18.4 Å². The van der Waals surface area contributed by atoms with Gasteiger partial charge in [0.05, 0.1) is 6.61 Å². The number of ketones is 1. The van der Waals surface area contributed by atoms with E-state index in [9.17, 15) is 9.59 Å². The molecule has 0 N–H and O–H groups in total. The molecule has 0 aliphatic carbocycles. The van der Waals surface area contributed by atoms with Crippen molar-refractivity contribution in [2.24, 2.45) is 0 Å². The number of carbonyl (C=O) groups is 2. The van der Waals surface area contributed by atoms with Crippen LogP contribution in [0.3, 0.4) is 0 Å². The normalized spacial score (nSPS) is 11.1. The van der Waals surface area contributed by atoms with E-state index in [2.05, 4.69) is 0 Å². The lowest BCUT2D eigenvalue weighted by Gasteiger charge is -2.08. The summed E-state index contributed by atoms with van der Waals surface area (Å²) in [6.07, 6.45) is 2.35. The third-order valence-corrected chi connectivity index (χ3v) is 3.41. The van der Waals surface area contributed by atoms with E-state index in [1.165, 1.54) is 0 Å². The monoisotopic (exact) mass is 308 g/mol. The third kappa shape index (κ3) is 5.22. The maximum Gasteiger partial charge on any atom is 0.306 e. The zero-order chi connectivity index (χ0) is 16.5. The molecule has 0 saturated carbocycles. The molecular formula is C20H20O3. The molecule has 0 aliphatic heterocycles. The van der Waals surface area contributed by atoms with Crippen molar-refractivity contribution in [2.75, 3.05) is 6.61 Å². The number of hydrogen-bond donors (Lipinski definition) is 0. The summed E-state index contributed by atoms with van der Waals surface area (Å²) in [7, 11) is 0. The molecule has 0 aliphatic rings. The van der Waals surface area contributed by atoms with Gasteiger partial charge in [-0.25, -0.2) is 0 Å². The zero-order valence-electron chi connectivity index (χ0n) is 13.2. The predicted molar refractivity (Wildman–Crippen MR) is 91.1 cm³/mol. The van der Waals surface area contributed by atoms with Crippen molar-refractivity contribution in [3.63, 3.8) is 0 Å². The Hall–Kier alpha value is -2.68. The molecule has 0 fully saturated rings. The van der Waals surface area contributed by atoms with Crippen LogP contribution in [0, 0.1) is 0 Å². The summed E-state index contributed by atoms with van der Waals surface area (Å²) in [5.41, 5.74) is 2.42. The highest BCUT2D eigenvalue weighted by Crippen LogP contribution is 2.21. The number of ether oxygens (including phenoxy) is 1. The summed E-state index contributed by atoms with van der Waals surface area (Å²) in [6.45, 7) is 2.15. The van der Waals surface area contributed by atoms with Crippen molar-refractivity contribution in [3.8, 4) is 0 Å². The van der Waals surface area contributed by atoms with Crippen LogP contribution in [0.25, 0.3) is 5.57 Å². The molecule has 0 amide bonds. The van der Waals surface area contributed by atoms with Gasteiger partial charge in [0.2, 0.25) is 0 Å². The lowest BCUT2D eigenvalue weighted by Crippen LogP contribution is -2.04. The average Bonchev–Trinajstić information content (AvgIpc) is 2.60. The van der Waals surface area contributed by atoms with Gasteiger partial charge >= 0.3 is 5.97 Å². The van der Waals surface area contributed by atoms with Crippen molar-refractivity contribution in [2.45, 2.75) is 19.8 Å². The van der Waals surface area contributed by atoms with Gasteiger partial charge < -0.3 is 4.74 Å². The first-order valence-electron chi connectivity index (χ1n) is 7.71. The van der Waals surface area contributed by atoms with E-state index in [0.29, 0.717) is 18.6 Å². The molecular weight excluding hydrogens is 288 g/mol. The zero-order valence-corrected chi connectivity index (χ0v) is 13.2. The summed E-state index contributed by atoms with van der Waals surface area (Å²) in [5.74, 6) is -0.310. The van der Waals surface area contributed by atoms with Gasteiger partial charge in [0.1, 0.15) is 0 Å². The lowest BCUT2D eigenvalue weighted by atomic mass is 9.98. The molecule has 3 nitrogen and oxygen atoms in total. The average molecular weight is 308 g/mol. The van der Waals surface area contributed by atoms with Crippen molar-refractivity contribution in [3.05, 3.63) is 77.9 Å². The number of carbonyl (C=O) groups excluding carboxylic acids is 2. The van der Waals surface area contributed by atoms with Crippen molar-refractivity contribution in [1.29, 1.82) is 0 Å². The first-order chi connectivity index (χ1) is 11.2. The van der Waals surface area contributed by atoms with E-state index in [4.69, 9.17) is 4.74 Å². The van der Waals surface area contributed by atoms with Crippen LogP contribution in [0.4, 0.5) is 0 Å². The Morgan fingerprint density at radius 2 is 1.43 bits per heavy atom. The number of hydrogen-bond acceptors (Lipinski definition) is 3. The van der Waals surface area contributed by atoms with Crippen LogP contribution in [0.5, 0.6) is 0 Å². The summed E-state index contributed by atoms with van der Waals surface area (Å²) in [6, 6.07) is 18.7. The molecule has 3 heteroatoms. The van der Waals surface area contributed by atoms with E-state index in [0.717, 1.165) is 11.1 Å². The van der Waals surface area contributed by atoms with Gasteiger partial charge in [-0.15, -0.1) is 0 Å². The minimum Gasteiger partial charge on any atom is -0.466 e. The Kier molecular flexibility index (Phi) is 6.30. The largest absolute Gasteiger partial charge is 0.466 e. The number of rotatable bonds is 7. The topological polar surface area (TPSA) is 43.4 Å².